The molecule has 0 fully saturated rings. The minimum Gasteiger partial charge on any atom is -0.356 e. The van der Waals surface area contributed by atoms with Gasteiger partial charge in [-0.25, -0.2) is 4.98 Å². The number of aromatic nitrogens is 2. The van der Waals surface area contributed by atoms with Gasteiger partial charge in [0.1, 0.15) is 0 Å². The first kappa shape index (κ1) is 15.7. The number of nitrogens with zero attached hydrogens (tertiary/aromatic N) is 2. The summed E-state index contributed by atoms with van der Waals surface area (Å²) in [6, 6.07) is 9.03. The van der Waals surface area contributed by atoms with Crippen LogP contribution in [0, 0.1) is 0 Å². The van der Waals surface area contributed by atoms with Crippen molar-refractivity contribution in [1.82, 2.24) is 15.5 Å². The van der Waals surface area contributed by atoms with Crippen LogP contribution >= 0.6 is 22.9 Å². The number of hydrogen-bond acceptors (Lipinski definition) is 5. The minimum absolute atomic E-state index is 0.0869. The van der Waals surface area contributed by atoms with Crippen molar-refractivity contribution in [3.8, 4) is 11.3 Å². The lowest BCUT2D eigenvalue weighted by molar-refractivity contribution is -0.120. The second kappa shape index (κ2) is 7.39. The molecule has 0 spiro atoms. The van der Waals surface area contributed by atoms with Crippen molar-refractivity contribution in [3.63, 3.8) is 0 Å². The third-order valence-corrected chi connectivity index (χ3v) is 4.10. The highest BCUT2D eigenvalue weighted by molar-refractivity contribution is 7.07. The molecule has 2 heterocycles. The van der Waals surface area contributed by atoms with E-state index >= 15 is 0 Å². The summed E-state index contributed by atoms with van der Waals surface area (Å²) in [5.74, 6) is 0.531. The van der Waals surface area contributed by atoms with E-state index in [1.165, 1.54) is 0 Å². The van der Waals surface area contributed by atoms with Crippen LogP contribution in [0.1, 0.15) is 11.4 Å². The van der Waals surface area contributed by atoms with Gasteiger partial charge in [0.25, 0.3) is 0 Å². The van der Waals surface area contributed by atoms with E-state index in [0.717, 1.165) is 17.7 Å². The van der Waals surface area contributed by atoms with Crippen molar-refractivity contribution in [2.75, 3.05) is 6.54 Å². The van der Waals surface area contributed by atoms with Crippen molar-refractivity contribution in [2.45, 2.75) is 12.8 Å². The fourth-order valence-corrected chi connectivity index (χ4v) is 2.78. The standard InChI is InChI=1S/C16H14ClN3O2S/c17-12-3-1-11(2-4-12)15-7-14(20-22-15)8-16(21)18-6-5-13-9-23-10-19-13/h1-4,7,9-10H,5-6,8H2,(H,18,21). The van der Waals surface area contributed by atoms with Crippen LogP contribution in [0.4, 0.5) is 0 Å². The van der Waals surface area contributed by atoms with Gasteiger partial charge < -0.3 is 9.84 Å². The number of thiazole rings is 1. The van der Waals surface area contributed by atoms with Gasteiger partial charge in [-0.05, 0) is 24.3 Å². The lowest BCUT2D eigenvalue weighted by Gasteiger charge is -2.01. The number of rotatable bonds is 6. The molecule has 5 nitrogen and oxygen atoms in total. The van der Waals surface area contributed by atoms with Crippen LogP contribution in [0.15, 0.2) is 45.7 Å². The van der Waals surface area contributed by atoms with Crippen molar-refractivity contribution in [2.24, 2.45) is 0 Å². The van der Waals surface area contributed by atoms with Crippen LogP contribution in [-0.2, 0) is 17.6 Å². The van der Waals surface area contributed by atoms with Gasteiger partial charge in [0, 0.05) is 35.0 Å². The molecule has 1 amide bonds. The maximum absolute atomic E-state index is 11.9. The van der Waals surface area contributed by atoms with Crippen molar-refractivity contribution < 1.29 is 9.32 Å². The summed E-state index contributed by atoms with van der Waals surface area (Å²) in [7, 11) is 0. The van der Waals surface area contributed by atoms with E-state index < -0.39 is 0 Å². The quantitative estimate of drug-likeness (QED) is 0.742. The number of hydrogen-bond donors (Lipinski definition) is 1. The third-order valence-electron chi connectivity index (χ3n) is 3.22. The van der Waals surface area contributed by atoms with E-state index in [4.69, 9.17) is 16.1 Å². The second-order valence-electron chi connectivity index (χ2n) is 4.95. The molecule has 0 atom stereocenters. The summed E-state index contributed by atoms with van der Waals surface area (Å²) in [6.07, 6.45) is 0.915. The van der Waals surface area contributed by atoms with Crippen LogP contribution in [0.25, 0.3) is 11.3 Å². The molecule has 3 rings (SSSR count). The molecule has 0 saturated heterocycles. The largest absolute Gasteiger partial charge is 0.356 e. The van der Waals surface area contributed by atoms with Crippen LogP contribution in [0.5, 0.6) is 0 Å². The van der Waals surface area contributed by atoms with Crippen LogP contribution in [-0.4, -0.2) is 22.6 Å². The lowest BCUT2D eigenvalue weighted by atomic mass is 10.1. The average Bonchev–Trinajstić information content (AvgIpc) is 3.20. The zero-order valence-corrected chi connectivity index (χ0v) is 13.7. The fraction of sp³-hybridized carbons (Fsp3) is 0.188. The molecule has 0 saturated carbocycles. The molecule has 118 valence electrons. The number of halogens is 1. The third kappa shape index (κ3) is 4.40. The summed E-state index contributed by atoms with van der Waals surface area (Å²) < 4.78 is 5.27. The molecule has 0 radical (unpaired) electrons. The van der Waals surface area contributed by atoms with Gasteiger partial charge in [0.2, 0.25) is 5.91 Å². The van der Waals surface area contributed by atoms with Gasteiger partial charge in [-0.1, -0.05) is 16.8 Å². The van der Waals surface area contributed by atoms with E-state index in [2.05, 4.69) is 15.5 Å². The van der Waals surface area contributed by atoms with Gasteiger partial charge in [-0.15, -0.1) is 11.3 Å². The molecule has 0 aliphatic carbocycles. The van der Waals surface area contributed by atoms with E-state index in [0.29, 0.717) is 23.0 Å². The highest BCUT2D eigenvalue weighted by Crippen LogP contribution is 2.22. The monoisotopic (exact) mass is 347 g/mol. The predicted octanol–water partition coefficient (Wildman–Crippen LogP) is 3.35. The Morgan fingerprint density at radius 2 is 2.09 bits per heavy atom. The molecule has 0 aliphatic heterocycles. The molecule has 7 heteroatoms. The topological polar surface area (TPSA) is 68.0 Å². The first-order chi connectivity index (χ1) is 11.2. The Bertz CT molecular complexity index is 769. The Kier molecular flexibility index (Phi) is 5.05. The highest BCUT2D eigenvalue weighted by atomic mass is 35.5. The normalized spacial score (nSPS) is 10.7. The summed E-state index contributed by atoms with van der Waals surface area (Å²) >= 11 is 7.40. The van der Waals surface area contributed by atoms with E-state index in [1.807, 2.05) is 17.5 Å². The maximum Gasteiger partial charge on any atom is 0.226 e. The molecule has 0 bridgehead atoms. The number of carbonyl (C=O) groups is 1. The Balaban J connectivity index is 1.52. The summed E-state index contributed by atoms with van der Waals surface area (Å²) in [5.41, 5.74) is 4.24. The summed E-state index contributed by atoms with van der Waals surface area (Å²) in [4.78, 5) is 16.1. The molecular formula is C16H14ClN3O2S. The van der Waals surface area contributed by atoms with Gasteiger partial charge in [0.05, 0.1) is 23.3 Å². The maximum atomic E-state index is 11.9. The van der Waals surface area contributed by atoms with Crippen molar-refractivity contribution >= 4 is 28.8 Å². The first-order valence-corrected chi connectivity index (χ1v) is 8.38. The van der Waals surface area contributed by atoms with E-state index in [1.54, 1.807) is 35.0 Å². The van der Waals surface area contributed by atoms with Crippen LogP contribution in [0.2, 0.25) is 5.02 Å². The molecule has 2 aromatic heterocycles. The predicted molar refractivity (Wildman–Crippen MR) is 89.5 cm³/mol. The molecule has 1 N–H and O–H groups in total. The molecule has 0 unspecified atom stereocenters. The average molecular weight is 348 g/mol. The van der Waals surface area contributed by atoms with Crippen molar-refractivity contribution in [3.05, 3.63) is 57.6 Å². The Hall–Kier alpha value is -2.18. The molecule has 3 aromatic rings. The van der Waals surface area contributed by atoms with Crippen LogP contribution < -0.4 is 5.32 Å². The molecule has 1 aromatic carbocycles. The molecular weight excluding hydrogens is 334 g/mol. The highest BCUT2D eigenvalue weighted by Gasteiger charge is 2.10. The number of benzene rings is 1. The first-order valence-electron chi connectivity index (χ1n) is 7.06. The summed E-state index contributed by atoms with van der Waals surface area (Å²) in [5, 5.41) is 9.42. The van der Waals surface area contributed by atoms with Gasteiger partial charge in [-0.3, -0.25) is 4.79 Å². The molecule has 23 heavy (non-hydrogen) atoms. The smallest absolute Gasteiger partial charge is 0.226 e. The Morgan fingerprint density at radius 1 is 1.26 bits per heavy atom. The molecule has 0 aliphatic rings. The zero-order valence-electron chi connectivity index (χ0n) is 12.2. The van der Waals surface area contributed by atoms with Gasteiger partial charge in [0.15, 0.2) is 5.76 Å². The fourth-order valence-electron chi connectivity index (χ4n) is 2.06. The number of carbonyl (C=O) groups excluding carboxylic acids is 1. The summed E-state index contributed by atoms with van der Waals surface area (Å²) in [6.45, 7) is 0.560. The van der Waals surface area contributed by atoms with Crippen LogP contribution in [0.3, 0.4) is 0 Å². The van der Waals surface area contributed by atoms with Gasteiger partial charge in [-0.2, -0.15) is 0 Å². The van der Waals surface area contributed by atoms with E-state index in [-0.39, 0.29) is 12.3 Å². The Labute approximate surface area is 142 Å². The van der Waals surface area contributed by atoms with Gasteiger partial charge >= 0.3 is 0 Å². The minimum atomic E-state index is -0.0869. The van der Waals surface area contributed by atoms with E-state index in [9.17, 15) is 4.79 Å². The van der Waals surface area contributed by atoms with Crippen molar-refractivity contribution in [1.29, 1.82) is 0 Å². The Morgan fingerprint density at radius 3 is 2.83 bits per heavy atom. The number of amides is 1. The number of nitrogens with one attached hydrogen (secondary N) is 1. The zero-order chi connectivity index (χ0) is 16.1. The lowest BCUT2D eigenvalue weighted by Crippen LogP contribution is -2.27. The second-order valence-corrected chi connectivity index (χ2v) is 6.10. The SMILES string of the molecule is O=C(Cc1cc(-c2ccc(Cl)cc2)on1)NCCc1cscn1.